The lowest BCUT2D eigenvalue weighted by atomic mass is 9.88. The van der Waals surface area contributed by atoms with Crippen molar-refractivity contribution < 1.29 is 0 Å². The molecule has 1 aliphatic heterocycles. The Morgan fingerprint density at radius 1 is 1.20 bits per heavy atom. The van der Waals surface area contributed by atoms with Crippen molar-refractivity contribution in [1.82, 2.24) is 10.2 Å². The van der Waals surface area contributed by atoms with Crippen LogP contribution in [0.5, 0.6) is 0 Å². The molecule has 0 spiro atoms. The van der Waals surface area contributed by atoms with Gasteiger partial charge in [-0.1, -0.05) is 36.2 Å². The fourth-order valence-electron chi connectivity index (χ4n) is 2.60. The largest absolute Gasteiger partial charge is 0.308 e. The molecule has 2 nitrogen and oxygen atoms in total. The van der Waals surface area contributed by atoms with Crippen molar-refractivity contribution in [1.29, 1.82) is 0 Å². The van der Waals surface area contributed by atoms with Crippen LogP contribution < -0.4 is 5.32 Å². The third kappa shape index (κ3) is 3.48. The third-order valence-corrected chi connectivity index (χ3v) is 5.22. The van der Waals surface area contributed by atoms with Gasteiger partial charge < -0.3 is 5.32 Å². The van der Waals surface area contributed by atoms with Crippen LogP contribution in [-0.2, 0) is 6.54 Å². The van der Waals surface area contributed by atoms with E-state index in [0.29, 0.717) is 10.0 Å². The Bertz CT molecular complexity index is 487. The molecule has 0 aromatic heterocycles. The zero-order chi connectivity index (χ0) is 15.0. The highest BCUT2D eigenvalue weighted by Crippen LogP contribution is 2.29. The van der Waals surface area contributed by atoms with Gasteiger partial charge in [0.05, 0.1) is 10.0 Å². The fraction of sp³-hybridized carbons (Fsp3) is 0.625. The minimum atomic E-state index is 0.140. The molecule has 0 bridgehead atoms. The lowest BCUT2D eigenvalue weighted by Crippen LogP contribution is -2.66. The van der Waals surface area contributed by atoms with Crippen LogP contribution in [0.25, 0.3) is 0 Å². The van der Waals surface area contributed by atoms with Crippen LogP contribution >= 0.6 is 23.2 Å². The minimum absolute atomic E-state index is 0.140. The molecule has 1 saturated heterocycles. The van der Waals surface area contributed by atoms with E-state index >= 15 is 0 Å². The molecule has 20 heavy (non-hydrogen) atoms. The first-order chi connectivity index (χ1) is 9.26. The summed E-state index contributed by atoms with van der Waals surface area (Å²) in [7, 11) is 0. The average Bonchev–Trinajstić information content (AvgIpc) is 2.39. The predicted octanol–water partition coefficient (Wildman–Crippen LogP) is 4.35. The van der Waals surface area contributed by atoms with Gasteiger partial charge >= 0.3 is 0 Å². The minimum Gasteiger partial charge on any atom is -0.308 e. The quantitative estimate of drug-likeness (QED) is 0.892. The van der Waals surface area contributed by atoms with Crippen molar-refractivity contribution in [2.24, 2.45) is 0 Å². The highest BCUT2D eigenvalue weighted by Gasteiger charge is 2.38. The molecule has 1 aliphatic rings. The molecule has 1 atom stereocenters. The van der Waals surface area contributed by atoms with Gasteiger partial charge in [0.15, 0.2) is 0 Å². The summed E-state index contributed by atoms with van der Waals surface area (Å²) in [5, 5.41) is 4.94. The van der Waals surface area contributed by atoms with Crippen molar-refractivity contribution >= 4 is 23.2 Å². The van der Waals surface area contributed by atoms with Crippen molar-refractivity contribution in [3.8, 4) is 0 Å². The normalized spacial score (nSPS) is 26.7. The van der Waals surface area contributed by atoms with E-state index in [9.17, 15) is 0 Å². The number of nitrogens with zero attached hydrogens (tertiary/aromatic N) is 1. The van der Waals surface area contributed by atoms with Gasteiger partial charge in [-0.05, 0) is 44.9 Å². The van der Waals surface area contributed by atoms with Gasteiger partial charge in [-0.3, -0.25) is 4.90 Å². The SMILES string of the molecule is CCC1(C)CN(Cc2ccc(Cl)c(Cl)c2)C(C)(C)CN1. The zero-order valence-electron chi connectivity index (χ0n) is 12.8. The number of piperazine rings is 1. The molecule has 2 rings (SSSR count). The number of benzene rings is 1. The van der Waals surface area contributed by atoms with E-state index in [1.54, 1.807) is 0 Å². The Morgan fingerprint density at radius 2 is 1.90 bits per heavy atom. The Labute approximate surface area is 132 Å². The summed E-state index contributed by atoms with van der Waals surface area (Å²) < 4.78 is 0. The highest BCUT2D eigenvalue weighted by atomic mass is 35.5. The van der Waals surface area contributed by atoms with Crippen molar-refractivity contribution in [3.63, 3.8) is 0 Å². The summed E-state index contributed by atoms with van der Waals surface area (Å²) in [5.41, 5.74) is 1.54. The molecular formula is C16H24Cl2N2. The molecule has 1 N–H and O–H groups in total. The van der Waals surface area contributed by atoms with Crippen LogP contribution in [0, 0.1) is 0 Å². The summed E-state index contributed by atoms with van der Waals surface area (Å²) in [6, 6.07) is 5.92. The van der Waals surface area contributed by atoms with Gasteiger partial charge in [-0.15, -0.1) is 0 Å². The summed E-state index contributed by atoms with van der Waals surface area (Å²) in [6.45, 7) is 12.0. The maximum atomic E-state index is 6.12. The highest BCUT2D eigenvalue weighted by molar-refractivity contribution is 6.42. The second kappa shape index (κ2) is 5.84. The molecule has 1 aromatic carbocycles. The summed E-state index contributed by atoms with van der Waals surface area (Å²) >= 11 is 12.1. The molecule has 1 unspecified atom stereocenters. The smallest absolute Gasteiger partial charge is 0.0595 e. The standard InChI is InChI=1S/C16H24Cl2N2/c1-5-16(4)11-20(15(2,3)10-19-16)9-12-6-7-13(17)14(18)8-12/h6-8,19H,5,9-11H2,1-4H3. The lowest BCUT2D eigenvalue weighted by molar-refractivity contribution is 0.0246. The number of hydrogen-bond acceptors (Lipinski definition) is 2. The second-order valence-electron chi connectivity index (χ2n) is 6.68. The van der Waals surface area contributed by atoms with Crippen LogP contribution in [-0.4, -0.2) is 29.1 Å². The molecule has 0 aliphatic carbocycles. The van der Waals surface area contributed by atoms with Gasteiger partial charge in [0.25, 0.3) is 0 Å². The number of rotatable bonds is 3. The van der Waals surface area contributed by atoms with Crippen LogP contribution in [0.15, 0.2) is 18.2 Å². The second-order valence-corrected chi connectivity index (χ2v) is 7.50. The fourth-order valence-corrected chi connectivity index (χ4v) is 2.92. The topological polar surface area (TPSA) is 15.3 Å². The van der Waals surface area contributed by atoms with Crippen molar-refractivity contribution in [2.75, 3.05) is 13.1 Å². The van der Waals surface area contributed by atoms with E-state index in [4.69, 9.17) is 23.2 Å². The monoisotopic (exact) mass is 314 g/mol. The van der Waals surface area contributed by atoms with Crippen LogP contribution in [0.1, 0.15) is 39.7 Å². The van der Waals surface area contributed by atoms with Gasteiger partial charge in [-0.25, -0.2) is 0 Å². The molecule has 112 valence electrons. The Balaban J connectivity index is 2.18. The van der Waals surface area contributed by atoms with Gasteiger partial charge in [0, 0.05) is 30.7 Å². The van der Waals surface area contributed by atoms with Crippen LogP contribution in [0.2, 0.25) is 10.0 Å². The number of halogens is 2. The van der Waals surface area contributed by atoms with E-state index in [1.807, 2.05) is 12.1 Å². The van der Waals surface area contributed by atoms with Gasteiger partial charge in [-0.2, -0.15) is 0 Å². The summed E-state index contributed by atoms with van der Waals surface area (Å²) in [6.07, 6.45) is 1.13. The Hall–Kier alpha value is -0.280. The van der Waals surface area contributed by atoms with E-state index in [2.05, 4.69) is 44.0 Å². The van der Waals surface area contributed by atoms with Gasteiger partial charge in [0.2, 0.25) is 0 Å². The maximum absolute atomic E-state index is 6.12. The molecule has 1 aromatic rings. The Morgan fingerprint density at radius 3 is 2.50 bits per heavy atom. The molecule has 0 saturated carbocycles. The first-order valence-electron chi connectivity index (χ1n) is 7.20. The van der Waals surface area contributed by atoms with E-state index in [0.717, 1.165) is 26.1 Å². The number of hydrogen-bond donors (Lipinski definition) is 1. The van der Waals surface area contributed by atoms with E-state index < -0.39 is 0 Å². The average molecular weight is 315 g/mol. The predicted molar refractivity (Wildman–Crippen MR) is 87.6 cm³/mol. The molecule has 1 heterocycles. The molecule has 0 amide bonds. The molecule has 0 radical (unpaired) electrons. The molecule has 4 heteroatoms. The third-order valence-electron chi connectivity index (χ3n) is 4.48. The van der Waals surface area contributed by atoms with Crippen LogP contribution in [0.4, 0.5) is 0 Å². The Kier molecular flexibility index (Phi) is 4.70. The van der Waals surface area contributed by atoms with Crippen molar-refractivity contribution in [3.05, 3.63) is 33.8 Å². The summed E-state index contributed by atoms with van der Waals surface area (Å²) in [4.78, 5) is 2.53. The maximum Gasteiger partial charge on any atom is 0.0595 e. The number of nitrogens with one attached hydrogen (secondary N) is 1. The first kappa shape index (κ1) is 16.1. The first-order valence-corrected chi connectivity index (χ1v) is 7.95. The van der Waals surface area contributed by atoms with Crippen LogP contribution in [0.3, 0.4) is 0 Å². The van der Waals surface area contributed by atoms with Crippen molar-refractivity contribution in [2.45, 2.75) is 51.7 Å². The zero-order valence-corrected chi connectivity index (χ0v) is 14.3. The lowest BCUT2D eigenvalue weighted by Gasteiger charge is -2.50. The van der Waals surface area contributed by atoms with E-state index in [1.165, 1.54) is 5.56 Å². The summed E-state index contributed by atoms with van der Waals surface area (Å²) in [5.74, 6) is 0. The molecular weight excluding hydrogens is 291 g/mol. The molecule has 1 fully saturated rings. The van der Waals surface area contributed by atoms with E-state index in [-0.39, 0.29) is 11.1 Å². The van der Waals surface area contributed by atoms with Gasteiger partial charge in [0.1, 0.15) is 0 Å².